The van der Waals surface area contributed by atoms with Crippen molar-refractivity contribution in [3.63, 3.8) is 0 Å². The molecule has 1 rings (SSSR count). The van der Waals surface area contributed by atoms with Crippen molar-refractivity contribution in [2.45, 2.75) is 70.6 Å². The Morgan fingerprint density at radius 3 is 2.06 bits per heavy atom. The molecule has 3 nitrogen and oxygen atoms in total. The third kappa shape index (κ3) is 8.61. The number of hydrogen-bond donors (Lipinski definition) is 1. The Morgan fingerprint density at radius 1 is 0.882 bits per heavy atom. The molecule has 0 unspecified atom stereocenters. The van der Waals surface area contributed by atoms with Crippen LogP contribution in [0.15, 0.2) is 0 Å². The van der Waals surface area contributed by atoms with E-state index < -0.39 is 10.0 Å². The highest BCUT2D eigenvalue weighted by molar-refractivity contribution is 7.89. The van der Waals surface area contributed by atoms with E-state index in [4.69, 9.17) is 5.14 Å². The Kier molecular flexibility index (Phi) is 7.12. The van der Waals surface area contributed by atoms with E-state index in [1.54, 1.807) is 0 Å². The first-order valence-electron chi connectivity index (χ1n) is 7.08. The Hall–Kier alpha value is -0.0900. The van der Waals surface area contributed by atoms with Gasteiger partial charge in [0.2, 0.25) is 10.0 Å². The number of hydrogen-bond acceptors (Lipinski definition) is 2. The van der Waals surface area contributed by atoms with Gasteiger partial charge >= 0.3 is 0 Å². The number of unbranched alkanes of at least 4 members (excludes halogenated alkanes) is 3. The van der Waals surface area contributed by atoms with E-state index in [0.29, 0.717) is 0 Å². The van der Waals surface area contributed by atoms with Gasteiger partial charge in [-0.15, -0.1) is 0 Å². The molecule has 0 amide bonds. The molecular formula is C13H27NO2S. The zero-order valence-electron chi connectivity index (χ0n) is 10.9. The molecule has 0 spiro atoms. The van der Waals surface area contributed by atoms with Gasteiger partial charge in [0, 0.05) is 0 Å². The van der Waals surface area contributed by atoms with E-state index in [2.05, 4.69) is 0 Å². The lowest BCUT2D eigenvalue weighted by atomic mass is 9.94. The maximum atomic E-state index is 10.7. The van der Waals surface area contributed by atoms with E-state index in [9.17, 15) is 8.42 Å². The highest BCUT2D eigenvalue weighted by Crippen LogP contribution is 2.27. The third-order valence-electron chi connectivity index (χ3n) is 3.77. The van der Waals surface area contributed by atoms with Gasteiger partial charge in [-0.2, -0.15) is 0 Å². The molecule has 0 atom stereocenters. The van der Waals surface area contributed by atoms with Crippen molar-refractivity contribution in [2.75, 3.05) is 5.75 Å². The average molecular weight is 261 g/mol. The maximum Gasteiger partial charge on any atom is 0.209 e. The van der Waals surface area contributed by atoms with Crippen LogP contribution in [-0.2, 0) is 10.0 Å². The molecule has 1 fully saturated rings. The minimum absolute atomic E-state index is 0.149. The quantitative estimate of drug-likeness (QED) is 0.565. The lowest BCUT2D eigenvalue weighted by molar-refractivity contribution is 0.406. The van der Waals surface area contributed by atoms with Crippen LogP contribution < -0.4 is 5.14 Å². The first-order valence-corrected chi connectivity index (χ1v) is 8.80. The molecule has 102 valence electrons. The molecule has 0 aromatic rings. The van der Waals surface area contributed by atoms with Crippen LogP contribution in [0.3, 0.4) is 0 Å². The van der Waals surface area contributed by atoms with Gasteiger partial charge in [-0.25, -0.2) is 13.6 Å². The molecule has 0 saturated heterocycles. The molecular weight excluding hydrogens is 234 g/mol. The van der Waals surface area contributed by atoms with Crippen LogP contribution in [0, 0.1) is 5.92 Å². The van der Waals surface area contributed by atoms with Crippen molar-refractivity contribution in [3.8, 4) is 0 Å². The lowest BCUT2D eigenvalue weighted by Crippen LogP contribution is -2.16. The predicted octanol–water partition coefficient (Wildman–Crippen LogP) is 3.20. The molecule has 0 aromatic carbocycles. The van der Waals surface area contributed by atoms with Crippen molar-refractivity contribution in [1.29, 1.82) is 0 Å². The van der Waals surface area contributed by atoms with Crippen molar-refractivity contribution < 1.29 is 8.42 Å². The van der Waals surface area contributed by atoms with Crippen LogP contribution in [0.1, 0.15) is 70.6 Å². The van der Waals surface area contributed by atoms with Gasteiger partial charge in [-0.05, 0) is 12.3 Å². The summed E-state index contributed by atoms with van der Waals surface area (Å²) in [6, 6.07) is 0. The standard InChI is InChI=1S/C13H27NO2S/c14-17(15,16)12-8-4-3-7-11-13-9-5-1-2-6-10-13/h13H,1-12H2,(H2,14,15,16). The molecule has 2 N–H and O–H groups in total. The highest BCUT2D eigenvalue weighted by atomic mass is 32.2. The summed E-state index contributed by atoms with van der Waals surface area (Å²) in [5, 5.41) is 4.96. The minimum Gasteiger partial charge on any atom is -0.229 e. The number of sulfonamides is 1. The normalized spacial score (nSPS) is 19.1. The zero-order valence-corrected chi connectivity index (χ0v) is 11.7. The predicted molar refractivity (Wildman–Crippen MR) is 72.3 cm³/mol. The van der Waals surface area contributed by atoms with Crippen molar-refractivity contribution in [2.24, 2.45) is 11.1 Å². The minimum atomic E-state index is -3.24. The monoisotopic (exact) mass is 261 g/mol. The van der Waals surface area contributed by atoms with E-state index >= 15 is 0 Å². The van der Waals surface area contributed by atoms with E-state index in [1.165, 1.54) is 51.4 Å². The fourth-order valence-electron chi connectivity index (χ4n) is 2.74. The second-order valence-corrected chi connectivity index (χ2v) is 7.16. The van der Waals surface area contributed by atoms with Crippen molar-refractivity contribution in [1.82, 2.24) is 0 Å². The van der Waals surface area contributed by atoms with Crippen molar-refractivity contribution >= 4 is 10.0 Å². The number of primary sulfonamides is 1. The van der Waals surface area contributed by atoms with Crippen LogP contribution >= 0.6 is 0 Å². The molecule has 0 bridgehead atoms. The summed E-state index contributed by atoms with van der Waals surface area (Å²) in [5.41, 5.74) is 0. The summed E-state index contributed by atoms with van der Waals surface area (Å²) in [6.45, 7) is 0. The lowest BCUT2D eigenvalue weighted by Gasteiger charge is -2.13. The summed E-state index contributed by atoms with van der Waals surface area (Å²) in [6.07, 6.45) is 14.0. The topological polar surface area (TPSA) is 60.2 Å². The molecule has 1 saturated carbocycles. The Labute approximate surface area is 106 Å². The first kappa shape index (κ1) is 15.0. The van der Waals surface area contributed by atoms with Crippen LogP contribution in [-0.4, -0.2) is 14.2 Å². The van der Waals surface area contributed by atoms with Crippen molar-refractivity contribution in [3.05, 3.63) is 0 Å². The van der Waals surface area contributed by atoms with Gasteiger partial charge in [0.1, 0.15) is 0 Å². The van der Waals surface area contributed by atoms with Gasteiger partial charge in [-0.1, -0.05) is 64.2 Å². The molecule has 0 aromatic heterocycles. The smallest absolute Gasteiger partial charge is 0.209 e. The first-order chi connectivity index (χ1) is 8.08. The molecule has 4 heteroatoms. The fourth-order valence-corrected chi connectivity index (χ4v) is 3.35. The summed E-state index contributed by atoms with van der Waals surface area (Å²) in [5.74, 6) is 1.09. The van der Waals surface area contributed by atoms with Crippen LogP contribution in [0.25, 0.3) is 0 Å². The van der Waals surface area contributed by atoms with Gasteiger partial charge in [0.25, 0.3) is 0 Å². The summed E-state index contributed by atoms with van der Waals surface area (Å²) in [4.78, 5) is 0. The SMILES string of the molecule is NS(=O)(=O)CCCCCCC1CCCCCC1. The average Bonchev–Trinajstić information content (AvgIpc) is 2.50. The Balaban J connectivity index is 1.96. The molecule has 17 heavy (non-hydrogen) atoms. The van der Waals surface area contributed by atoms with Crippen LogP contribution in [0.5, 0.6) is 0 Å². The third-order valence-corrected chi connectivity index (χ3v) is 4.62. The second kappa shape index (κ2) is 8.09. The number of nitrogens with two attached hydrogens (primary N) is 1. The van der Waals surface area contributed by atoms with Crippen LogP contribution in [0.4, 0.5) is 0 Å². The Morgan fingerprint density at radius 2 is 1.47 bits per heavy atom. The molecule has 0 radical (unpaired) electrons. The summed E-state index contributed by atoms with van der Waals surface area (Å²) >= 11 is 0. The molecule has 1 aliphatic rings. The van der Waals surface area contributed by atoms with Gasteiger partial charge in [0.15, 0.2) is 0 Å². The summed E-state index contributed by atoms with van der Waals surface area (Å²) < 4.78 is 21.5. The van der Waals surface area contributed by atoms with Gasteiger partial charge in [0.05, 0.1) is 5.75 Å². The Bertz CT molecular complexity index is 280. The maximum absolute atomic E-state index is 10.7. The summed E-state index contributed by atoms with van der Waals surface area (Å²) in [7, 11) is -3.24. The fraction of sp³-hybridized carbons (Fsp3) is 1.00. The second-order valence-electron chi connectivity index (χ2n) is 5.43. The largest absolute Gasteiger partial charge is 0.229 e. The van der Waals surface area contributed by atoms with E-state index in [0.717, 1.165) is 25.2 Å². The molecule has 0 heterocycles. The molecule has 1 aliphatic carbocycles. The highest BCUT2D eigenvalue weighted by Gasteiger charge is 2.11. The zero-order chi connectivity index (χ0) is 12.6. The van der Waals surface area contributed by atoms with E-state index in [-0.39, 0.29) is 5.75 Å². The van der Waals surface area contributed by atoms with Crippen LogP contribution in [0.2, 0.25) is 0 Å². The van der Waals surface area contributed by atoms with Gasteiger partial charge < -0.3 is 0 Å². The molecule has 0 aliphatic heterocycles. The van der Waals surface area contributed by atoms with E-state index in [1.807, 2.05) is 0 Å². The number of rotatable bonds is 7. The van der Waals surface area contributed by atoms with Gasteiger partial charge in [-0.3, -0.25) is 0 Å².